The topological polar surface area (TPSA) is 87.7 Å². The van der Waals surface area contributed by atoms with Gasteiger partial charge in [-0.25, -0.2) is 4.98 Å². The van der Waals surface area contributed by atoms with Crippen LogP contribution in [0.3, 0.4) is 0 Å². The third kappa shape index (κ3) is 2.31. The molecule has 2 heterocycles. The maximum absolute atomic E-state index is 12.4. The van der Waals surface area contributed by atoms with Crippen LogP contribution < -0.4 is 10.5 Å². The maximum Gasteiger partial charge on any atom is 0.388 e. The number of hydrogen-bond donors (Lipinski definition) is 2. The van der Waals surface area contributed by atoms with Crippen molar-refractivity contribution in [1.29, 1.82) is 5.26 Å². The molecule has 3 rings (SSSR count). The van der Waals surface area contributed by atoms with Crippen molar-refractivity contribution in [2.75, 3.05) is 5.73 Å². The molecule has 0 aliphatic carbocycles. The zero-order valence-corrected chi connectivity index (χ0v) is 11.2. The number of nitrogen functional groups attached to an aromatic ring is 1. The first kappa shape index (κ1) is 13.8. The lowest BCUT2D eigenvalue weighted by Gasteiger charge is -2.08. The predicted molar refractivity (Wildman–Crippen MR) is 77.3 cm³/mol. The molecule has 0 bridgehead atoms. The van der Waals surface area contributed by atoms with Crippen LogP contribution in [-0.2, 0) is 0 Å². The number of nitrogens with one attached hydrogen (secondary N) is 1. The van der Waals surface area contributed by atoms with E-state index in [9.17, 15) is 8.78 Å². The fourth-order valence-electron chi connectivity index (χ4n) is 2.24. The molecule has 0 aliphatic rings. The summed E-state index contributed by atoms with van der Waals surface area (Å²) in [6.07, 6.45) is 1.66. The van der Waals surface area contributed by atoms with Crippen LogP contribution in [0.5, 0.6) is 5.88 Å². The van der Waals surface area contributed by atoms with Gasteiger partial charge in [0.05, 0.1) is 22.5 Å². The average molecular weight is 300 g/mol. The molecule has 3 aromatic rings. The molecule has 0 fully saturated rings. The van der Waals surface area contributed by atoms with Gasteiger partial charge >= 0.3 is 6.61 Å². The molecule has 0 amide bonds. The normalized spacial score (nSPS) is 10.8. The fraction of sp³-hybridized carbons (Fsp3) is 0.0667. The van der Waals surface area contributed by atoms with E-state index in [2.05, 4.69) is 20.8 Å². The minimum atomic E-state index is -3.00. The van der Waals surface area contributed by atoms with E-state index in [4.69, 9.17) is 11.0 Å². The van der Waals surface area contributed by atoms with E-state index in [1.807, 2.05) is 6.07 Å². The molecule has 0 unspecified atom stereocenters. The van der Waals surface area contributed by atoms with Crippen molar-refractivity contribution in [3.05, 3.63) is 42.1 Å². The number of nitriles is 1. The molecule has 0 saturated heterocycles. The number of anilines is 1. The summed E-state index contributed by atoms with van der Waals surface area (Å²) in [7, 11) is 0. The molecule has 110 valence electrons. The van der Waals surface area contributed by atoms with Crippen LogP contribution in [0.2, 0.25) is 0 Å². The van der Waals surface area contributed by atoms with E-state index in [0.717, 1.165) is 5.39 Å². The number of fused-ring (bicyclic) bond motifs is 1. The van der Waals surface area contributed by atoms with Gasteiger partial charge in [0.15, 0.2) is 0 Å². The predicted octanol–water partition coefficient (Wildman–Crippen LogP) is 3.29. The second kappa shape index (κ2) is 5.33. The van der Waals surface area contributed by atoms with Gasteiger partial charge in [-0.3, -0.25) is 0 Å². The minimum absolute atomic E-state index is 0.0293. The number of halogens is 2. The number of rotatable bonds is 3. The minimum Gasteiger partial charge on any atom is -0.415 e. The van der Waals surface area contributed by atoms with Crippen LogP contribution in [0.15, 0.2) is 36.5 Å². The molecule has 2 aromatic heterocycles. The second-order valence-corrected chi connectivity index (χ2v) is 4.51. The number of H-pyrrole nitrogens is 1. The number of nitrogens with two attached hydrogens (primary N) is 1. The summed E-state index contributed by atoms with van der Waals surface area (Å²) in [4.78, 5) is 7.03. The number of alkyl halides is 2. The maximum atomic E-state index is 12.4. The van der Waals surface area contributed by atoms with Gasteiger partial charge in [-0.1, -0.05) is 12.1 Å². The first-order chi connectivity index (χ1) is 10.6. The van der Waals surface area contributed by atoms with Crippen molar-refractivity contribution in [1.82, 2.24) is 9.97 Å². The van der Waals surface area contributed by atoms with Gasteiger partial charge in [0, 0.05) is 17.1 Å². The molecule has 3 N–H and O–H groups in total. The van der Waals surface area contributed by atoms with Gasteiger partial charge in [0.25, 0.3) is 0 Å². The lowest BCUT2D eigenvalue weighted by molar-refractivity contribution is -0.0522. The second-order valence-electron chi connectivity index (χ2n) is 4.51. The Morgan fingerprint density at radius 3 is 2.82 bits per heavy atom. The Labute approximate surface area is 124 Å². The standard InChI is InChI=1S/C15H10F2N4O/c16-15(17)22-14-11(19)4-5-12(21-14)10-7-20-13-8(6-18)2-1-3-9(10)13/h1-5,7,15,20H,19H2. The van der Waals surface area contributed by atoms with E-state index in [1.54, 1.807) is 24.4 Å². The van der Waals surface area contributed by atoms with Gasteiger partial charge in [-0.15, -0.1) is 0 Å². The number of para-hydroxylation sites is 1. The number of aromatic nitrogens is 2. The SMILES string of the molecule is N#Cc1cccc2c(-c3ccc(N)c(OC(F)F)n3)c[nH]c12. The number of aromatic amines is 1. The molecule has 5 nitrogen and oxygen atoms in total. The monoisotopic (exact) mass is 300 g/mol. The summed E-state index contributed by atoms with van der Waals surface area (Å²) in [6, 6.07) is 10.4. The molecule has 7 heteroatoms. The van der Waals surface area contributed by atoms with Gasteiger partial charge in [0.2, 0.25) is 5.88 Å². The largest absolute Gasteiger partial charge is 0.415 e. The van der Waals surface area contributed by atoms with Crippen LogP contribution in [0.4, 0.5) is 14.5 Å². The Morgan fingerprint density at radius 2 is 2.09 bits per heavy atom. The molecule has 22 heavy (non-hydrogen) atoms. The fourth-order valence-corrected chi connectivity index (χ4v) is 2.24. The van der Waals surface area contributed by atoms with Crippen LogP contribution in [-0.4, -0.2) is 16.6 Å². The molecule has 0 spiro atoms. The van der Waals surface area contributed by atoms with Crippen LogP contribution in [0, 0.1) is 11.3 Å². The number of benzene rings is 1. The quantitative estimate of drug-likeness (QED) is 0.777. The van der Waals surface area contributed by atoms with Crippen molar-refractivity contribution < 1.29 is 13.5 Å². The number of pyridine rings is 1. The van der Waals surface area contributed by atoms with Crippen molar-refractivity contribution in [3.63, 3.8) is 0 Å². The van der Waals surface area contributed by atoms with Gasteiger partial charge < -0.3 is 15.5 Å². The third-order valence-electron chi connectivity index (χ3n) is 3.20. The lowest BCUT2D eigenvalue weighted by Crippen LogP contribution is -2.06. The van der Waals surface area contributed by atoms with E-state index in [1.165, 1.54) is 6.07 Å². The van der Waals surface area contributed by atoms with Crippen molar-refractivity contribution in [2.45, 2.75) is 6.61 Å². The molecule has 0 aliphatic heterocycles. The van der Waals surface area contributed by atoms with Gasteiger partial charge in [0.1, 0.15) is 6.07 Å². The highest BCUT2D eigenvalue weighted by molar-refractivity contribution is 5.97. The summed E-state index contributed by atoms with van der Waals surface area (Å²) in [6.45, 7) is -3.00. The zero-order valence-electron chi connectivity index (χ0n) is 11.2. The molecule has 0 atom stereocenters. The Balaban J connectivity index is 2.14. The summed E-state index contributed by atoms with van der Waals surface area (Å²) >= 11 is 0. The highest BCUT2D eigenvalue weighted by Gasteiger charge is 2.14. The molecule has 1 aromatic carbocycles. The van der Waals surface area contributed by atoms with Crippen LogP contribution >= 0.6 is 0 Å². The highest BCUT2D eigenvalue weighted by Crippen LogP contribution is 2.32. The van der Waals surface area contributed by atoms with Crippen molar-refractivity contribution in [2.24, 2.45) is 0 Å². The van der Waals surface area contributed by atoms with Crippen molar-refractivity contribution in [3.8, 4) is 23.2 Å². The lowest BCUT2D eigenvalue weighted by atomic mass is 10.1. The Morgan fingerprint density at radius 1 is 1.27 bits per heavy atom. The molecular weight excluding hydrogens is 290 g/mol. The van der Waals surface area contributed by atoms with E-state index in [-0.39, 0.29) is 11.6 Å². The Kier molecular flexibility index (Phi) is 3.35. The Hall–Kier alpha value is -3.14. The van der Waals surface area contributed by atoms with Gasteiger partial charge in [-0.05, 0) is 18.2 Å². The molecular formula is C15H10F2N4O. The number of nitrogens with zero attached hydrogens (tertiary/aromatic N) is 2. The third-order valence-corrected chi connectivity index (χ3v) is 3.20. The van der Waals surface area contributed by atoms with E-state index < -0.39 is 6.61 Å². The van der Waals surface area contributed by atoms with Crippen LogP contribution in [0.25, 0.3) is 22.2 Å². The van der Waals surface area contributed by atoms with Crippen LogP contribution in [0.1, 0.15) is 5.56 Å². The summed E-state index contributed by atoms with van der Waals surface area (Å²) < 4.78 is 29.0. The molecule has 0 saturated carbocycles. The zero-order chi connectivity index (χ0) is 15.7. The summed E-state index contributed by atoms with van der Waals surface area (Å²) in [5.41, 5.74) is 7.85. The van der Waals surface area contributed by atoms with E-state index >= 15 is 0 Å². The number of hydrogen-bond acceptors (Lipinski definition) is 4. The first-order valence-corrected chi connectivity index (χ1v) is 6.32. The first-order valence-electron chi connectivity index (χ1n) is 6.32. The van der Waals surface area contributed by atoms with E-state index in [0.29, 0.717) is 22.3 Å². The average Bonchev–Trinajstić information content (AvgIpc) is 2.93. The summed E-state index contributed by atoms with van der Waals surface area (Å²) in [5, 5.41) is 9.85. The highest BCUT2D eigenvalue weighted by atomic mass is 19.3. The smallest absolute Gasteiger partial charge is 0.388 e. The van der Waals surface area contributed by atoms with Gasteiger partial charge in [-0.2, -0.15) is 14.0 Å². The Bertz CT molecular complexity index is 883. The van der Waals surface area contributed by atoms with Crippen molar-refractivity contribution >= 4 is 16.6 Å². The number of ether oxygens (including phenoxy) is 1. The molecule has 0 radical (unpaired) electrons. The summed E-state index contributed by atoms with van der Waals surface area (Å²) in [5.74, 6) is -0.321.